The average molecular weight is 301 g/mol. The monoisotopic (exact) mass is 301 g/mol. The van der Waals surface area contributed by atoms with Crippen molar-refractivity contribution in [2.24, 2.45) is 5.92 Å². The number of carbonyl (C=O) groups is 1. The maximum absolute atomic E-state index is 12.1. The summed E-state index contributed by atoms with van der Waals surface area (Å²) in [5.74, 6) is 0.174. The molecule has 0 fully saturated rings. The predicted octanol–water partition coefficient (Wildman–Crippen LogP) is 2.24. The summed E-state index contributed by atoms with van der Waals surface area (Å²) in [5.41, 5.74) is 3.60. The van der Waals surface area contributed by atoms with Gasteiger partial charge in [0.2, 0.25) is 0 Å². The number of hydrogen-bond acceptors (Lipinski definition) is 3. The summed E-state index contributed by atoms with van der Waals surface area (Å²) in [6, 6.07) is 9.41. The molecular weight excluding hydrogens is 278 g/mol. The zero-order chi connectivity index (χ0) is 16.1. The molecule has 2 rings (SSSR count). The van der Waals surface area contributed by atoms with Gasteiger partial charge in [0.1, 0.15) is 0 Å². The van der Waals surface area contributed by atoms with Crippen molar-refractivity contribution in [2.75, 3.05) is 13.2 Å². The molecule has 2 aromatic rings. The summed E-state index contributed by atoms with van der Waals surface area (Å²) < 4.78 is 1.86. The number of aromatic nitrogens is 2. The first-order chi connectivity index (χ1) is 10.5. The average Bonchev–Trinajstić information content (AvgIpc) is 2.84. The Hall–Kier alpha value is -2.14. The van der Waals surface area contributed by atoms with E-state index in [-0.39, 0.29) is 18.4 Å². The Bertz CT molecular complexity index is 632. The van der Waals surface area contributed by atoms with Crippen LogP contribution in [0.2, 0.25) is 0 Å². The highest BCUT2D eigenvalue weighted by Gasteiger charge is 2.09. The van der Waals surface area contributed by atoms with Gasteiger partial charge in [-0.05, 0) is 56.5 Å². The molecule has 5 nitrogen and oxygen atoms in total. The van der Waals surface area contributed by atoms with Gasteiger partial charge in [-0.25, -0.2) is 4.68 Å². The van der Waals surface area contributed by atoms with Crippen molar-refractivity contribution in [3.63, 3.8) is 0 Å². The van der Waals surface area contributed by atoms with E-state index in [1.54, 1.807) is 12.1 Å². The van der Waals surface area contributed by atoms with E-state index in [0.29, 0.717) is 18.5 Å². The minimum Gasteiger partial charge on any atom is -0.396 e. The molecule has 0 saturated heterocycles. The molecule has 1 atom stereocenters. The molecule has 1 unspecified atom stereocenters. The third-order valence-electron chi connectivity index (χ3n) is 3.62. The number of amides is 1. The van der Waals surface area contributed by atoms with E-state index < -0.39 is 0 Å². The normalized spacial score (nSPS) is 12.2. The van der Waals surface area contributed by atoms with Crippen LogP contribution in [0.4, 0.5) is 0 Å². The zero-order valence-corrected chi connectivity index (χ0v) is 13.3. The minimum atomic E-state index is -0.0929. The molecule has 1 amide bonds. The van der Waals surface area contributed by atoms with Crippen LogP contribution in [0.5, 0.6) is 0 Å². The molecule has 118 valence electrons. The van der Waals surface area contributed by atoms with Crippen LogP contribution in [0.1, 0.15) is 35.1 Å². The molecule has 22 heavy (non-hydrogen) atoms. The molecule has 0 spiro atoms. The van der Waals surface area contributed by atoms with Gasteiger partial charge in [-0.15, -0.1) is 0 Å². The lowest BCUT2D eigenvalue weighted by Gasteiger charge is -2.11. The second-order valence-electron chi connectivity index (χ2n) is 5.71. The third kappa shape index (κ3) is 3.95. The highest BCUT2D eigenvalue weighted by Crippen LogP contribution is 2.13. The summed E-state index contributed by atoms with van der Waals surface area (Å²) in [5, 5.41) is 16.2. The van der Waals surface area contributed by atoms with Crippen molar-refractivity contribution in [1.82, 2.24) is 15.1 Å². The van der Waals surface area contributed by atoms with Gasteiger partial charge in [-0.3, -0.25) is 4.79 Å². The second kappa shape index (κ2) is 7.22. The highest BCUT2D eigenvalue weighted by molar-refractivity contribution is 5.94. The van der Waals surface area contributed by atoms with Crippen LogP contribution < -0.4 is 5.32 Å². The topological polar surface area (TPSA) is 67.2 Å². The van der Waals surface area contributed by atoms with Gasteiger partial charge < -0.3 is 10.4 Å². The van der Waals surface area contributed by atoms with Crippen LogP contribution in [0.15, 0.2) is 30.3 Å². The van der Waals surface area contributed by atoms with Gasteiger partial charge in [-0.1, -0.05) is 6.92 Å². The Morgan fingerprint density at radius 1 is 1.32 bits per heavy atom. The van der Waals surface area contributed by atoms with Crippen LogP contribution in [-0.4, -0.2) is 33.9 Å². The Morgan fingerprint density at radius 2 is 2.00 bits per heavy atom. The Kier molecular flexibility index (Phi) is 5.33. The molecular formula is C17H23N3O2. The Labute approximate surface area is 131 Å². The number of carbonyl (C=O) groups excluding carboxylic acids is 1. The van der Waals surface area contributed by atoms with E-state index in [1.807, 2.05) is 43.7 Å². The maximum Gasteiger partial charge on any atom is 0.251 e. The molecule has 0 saturated carbocycles. The smallest absolute Gasteiger partial charge is 0.251 e. The lowest BCUT2D eigenvalue weighted by molar-refractivity contribution is 0.0945. The second-order valence-corrected chi connectivity index (χ2v) is 5.71. The van der Waals surface area contributed by atoms with Crippen molar-refractivity contribution in [3.8, 4) is 5.69 Å². The van der Waals surface area contributed by atoms with Crippen molar-refractivity contribution in [2.45, 2.75) is 27.2 Å². The Balaban J connectivity index is 2.02. The van der Waals surface area contributed by atoms with Crippen LogP contribution in [0.3, 0.4) is 0 Å². The molecule has 0 aliphatic heterocycles. The van der Waals surface area contributed by atoms with Crippen LogP contribution in [-0.2, 0) is 0 Å². The molecule has 0 bridgehead atoms. The van der Waals surface area contributed by atoms with E-state index in [1.165, 1.54) is 0 Å². The van der Waals surface area contributed by atoms with Gasteiger partial charge in [0.25, 0.3) is 5.91 Å². The van der Waals surface area contributed by atoms with E-state index in [4.69, 9.17) is 5.11 Å². The number of benzene rings is 1. The fourth-order valence-electron chi connectivity index (χ4n) is 2.34. The number of nitrogens with one attached hydrogen (secondary N) is 1. The zero-order valence-electron chi connectivity index (χ0n) is 13.3. The number of aryl methyl sites for hydroxylation is 2. The molecule has 1 heterocycles. The Morgan fingerprint density at radius 3 is 2.55 bits per heavy atom. The molecule has 5 heteroatoms. The molecule has 0 aliphatic carbocycles. The molecule has 1 aromatic carbocycles. The largest absolute Gasteiger partial charge is 0.396 e. The molecule has 2 N–H and O–H groups in total. The minimum absolute atomic E-state index is 0.0929. The number of nitrogens with zero attached hydrogens (tertiary/aromatic N) is 2. The van der Waals surface area contributed by atoms with Gasteiger partial charge in [0.15, 0.2) is 0 Å². The lowest BCUT2D eigenvalue weighted by atomic mass is 10.1. The summed E-state index contributed by atoms with van der Waals surface area (Å²) in [6.45, 7) is 6.68. The van der Waals surface area contributed by atoms with Crippen molar-refractivity contribution >= 4 is 5.91 Å². The molecule has 1 aromatic heterocycles. The number of aliphatic hydroxyl groups excluding tert-OH is 1. The first-order valence-corrected chi connectivity index (χ1v) is 7.54. The van der Waals surface area contributed by atoms with Crippen molar-refractivity contribution in [1.29, 1.82) is 0 Å². The van der Waals surface area contributed by atoms with Crippen LogP contribution in [0.25, 0.3) is 5.69 Å². The third-order valence-corrected chi connectivity index (χ3v) is 3.62. The number of hydrogen-bond donors (Lipinski definition) is 2. The van der Waals surface area contributed by atoms with Gasteiger partial charge in [0.05, 0.1) is 11.4 Å². The first kappa shape index (κ1) is 16.2. The van der Waals surface area contributed by atoms with E-state index in [0.717, 1.165) is 17.1 Å². The van der Waals surface area contributed by atoms with Gasteiger partial charge >= 0.3 is 0 Å². The number of rotatable bonds is 6. The fraction of sp³-hybridized carbons (Fsp3) is 0.412. The maximum atomic E-state index is 12.1. The molecule has 0 radical (unpaired) electrons. The SMILES string of the molecule is Cc1cc(C)n(-c2ccc(C(=O)NCC(C)CCO)cc2)n1. The molecule has 0 aliphatic rings. The van der Waals surface area contributed by atoms with E-state index >= 15 is 0 Å². The highest BCUT2D eigenvalue weighted by atomic mass is 16.3. The van der Waals surface area contributed by atoms with Crippen LogP contribution >= 0.6 is 0 Å². The summed E-state index contributed by atoms with van der Waals surface area (Å²) >= 11 is 0. The van der Waals surface area contributed by atoms with Crippen molar-refractivity contribution in [3.05, 3.63) is 47.3 Å². The quantitative estimate of drug-likeness (QED) is 0.860. The fourth-order valence-corrected chi connectivity index (χ4v) is 2.34. The summed E-state index contributed by atoms with van der Waals surface area (Å²) in [4.78, 5) is 12.1. The van der Waals surface area contributed by atoms with E-state index in [9.17, 15) is 4.79 Å². The first-order valence-electron chi connectivity index (χ1n) is 7.54. The van der Waals surface area contributed by atoms with Crippen LogP contribution in [0, 0.1) is 19.8 Å². The summed E-state index contributed by atoms with van der Waals surface area (Å²) in [7, 11) is 0. The standard InChI is InChI=1S/C17H23N3O2/c1-12(8-9-21)11-18-17(22)15-4-6-16(7-5-15)20-14(3)10-13(2)19-20/h4-7,10,12,21H,8-9,11H2,1-3H3,(H,18,22). The predicted molar refractivity (Wildman–Crippen MR) is 86.2 cm³/mol. The number of aliphatic hydroxyl groups is 1. The van der Waals surface area contributed by atoms with Crippen molar-refractivity contribution < 1.29 is 9.90 Å². The van der Waals surface area contributed by atoms with Gasteiger partial charge in [-0.2, -0.15) is 5.10 Å². The van der Waals surface area contributed by atoms with Gasteiger partial charge in [0, 0.05) is 24.4 Å². The summed E-state index contributed by atoms with van der Waals surface area (Å²) in [6.07, 6.45) is 0.692. The lowest BCUT2D eigenvalue weighted by Crippen LogP contribution is -2.28. The van der Waals surface area contributed by atoms with E-state index in [2.05, 4.69) is 10.4 Å².